The molecular formula is C32H24O12. The van der Waals surface area contributed by atoms with Crippen LogP contribution in [0.1, 0.15) is 0 Å². The summed E-state index contributed by atoms with van der Waals surface area (Å²) in [6.45, 7) is 0. The zero-order chi connectivity index (χ0) is 31.7. The number of hydrogen-bond acceptors (Lipinski definition) is 12. The number of aromatic hydroxyl groups is 6. The zero-order valence-electron chi connectivity index (χ0n) is 23.1. The number of fused-ring (bicyclic) bond motifs is 2. The highest BCUT2D eigenvalue weighted by atomic mass is 16.5. The standard InChI is InChI=1S/2C16H12O6/c2*1-21-12-4-2-3-9(18)16(12)14-7-11(20)15-10(19)5-8(17)6-13(15)22-14/h2*2-7,17-19H,1H3. The number of phenolic OH excluding ortho intramolecular Hbond substituents is 6. The van der Waals surface area contributed by atoms with Gasteiger partial charge >= 0.3 is 0 Å². The summed E-state index contributed by atoms with van der Waals surface area (Å²) in [7, 11) is 2.85. The van der Waals surface area contributed by atoms with Crippen molar-refractivity contribution in [2.45, 2.75) is 0 Å². The second-order valence-corrected chi connectivity index (χ2v) is 9.33. The molecule has 0 spiro atoms. The third-order valence-electron chi connectivity index (χ3n) is 6.53. The van der Waals surface area contributed by atoms with Crippen molar-refractivity contribution in [3.63, 3.8) is 0 Å². The fourth-order valence-electron chi connectivity index (χ4n) is 4.63. The lowest BCUT2D eigenvalue weighted by Gasteiger charge is -2.10. The highest BCUT2D eigenvalue weighted by Crippen LogP contribution is 2.40. The van der Waals surface area contributed by atoms with Gasteiger partial charge in [-0.1, -0.05) is 12.1 Å². The first kappa shape index (κ1) is 29.2. The van der Waals surface area contributed by atoms with Crippen molar-refractivity contribution in [3.8, 4) is 68.6 Å². The Labute approximate surface area is 247 Å². The number of hydrogen-bond donors (Lipinski definition) is 6. The molecule has 4 aromatic carbocycles. The molecule has 0 saturated carbocycles. The van der Waals surface area contributed by atoms with Gasteiger partial charge in [0.05, 0.1) is 14.2 Å². The molecule has 2 heterocycles. The van der Waals surface area contributed by atoms with E-state index >= 15 is 0 Å². The summed E-state index contributed by atoms with van der Waals surface area (Å²) in [6, 6.07) is 16.1. The van der Waals surface area contributed by atoms with Crippen molar-refractivity contribution in [1.29, 1.82) is 0 Å². The molecule has 0 aliphatic carbocycles. The SMILES string of the molecule is COc1cccc(O)c1-c1cc(=O)c2c(O)cc(O)cc2o1.COc1cccc(O)c1-c1cc(=O)c2c(O)cc(O)cc2o1. The summed E-state index contributed by atoms with van der Waals surface area (Å²) in [4.78, 5) is 24.4. The second-order valence-electron chi connectivity index (χ2n) is 9.33. The minimum atomic E-state index is -0.501. The van der Waals surface area contributed by atoms with Crippen LogP contribution >= 0.6 is 0 Å². The predicted octanol–water partition coefficient (Wildman–Crippen LogP) is 5.17. The second kappa shape index (κ2) is 11.5. The molecule has 224 valence electrons. The fourth-order valence-corrected chi connectivity index (χ4v) is 4.63. The van der Waals surface area contributed by atoms with Gasteiger partial charge in [-0.25, -0.2) is 0 Å². The van der Waals surface area contributed by atoms with Crippen LogP contribution in [0.15, 0.2) is 91.2 Å². The normalized spacial score (nSPS) is 10.8. The molecule has 0 aliphatic heterocycles. The van der Waals surface area contributed by atoms with Gasteiger partial charge in [-0.3, -0.25) is 9.59 Å². The van der Waals surface area contributed by atoms with Crippen molar-refractivity contribution >= 4 is 21.9 Å². The van der Waals surface area contributed by atoms with Gasteiger partial charge in [0.2, 0.25) is 0 Å². The summed E-state index contributed by atoms with van der Waals surface area (Å²) in [5.41, 5.74) is -0.563. The molecule has 0 radical (unpaired) electrons. The molecule has 2 aromatic heterocycles. The largest absolute Gasteiger partial charge is 0.508 e. The average molecular weight is 601 g/mol. The first-order chi connectivity index (χ1) is 21.0. The van der Waals surface area contributed by atoms with Crippen LogP contribution in [0.2, 0.25) is 0 Å². The Balaban J connectivity index is 0.000000175. The van der Waals surface area contributed by atoms with E-state index in [1.807, 2.05) is 0 Å². The molecule has 0 fully saturated rings. The van der Waals surface area contributed by atoms with E-state index in [-0.39, 0.29) is 79.1 Å². The smallest absolute Gasteiger partial charge is 0.197 e. The number of ether oxygens (including phenoxy) is 2. The molecular weight excluding hydrogens is 576 g/mol. The Bertz CT molecular complexity index is 2010. The van der Waals surface area contributed by atoms with Crippen molar-refractivity contribution in [2.24, 2.45) is 0 Å². The summed E-state index contributed by atoms with van der Waals surface area (Å²) < 4.78 is 21.4. The van der Waals surface area contributed by atoms with Gasteiger partial charge in [0.1, 0.15) is 90.6 Å². The highest BCUT2D eigenvalue weighted by Gasteiger charge is 2.19. The van der Waals surface area contributed by atoms with Gasteiger partial charge in [-0.05, 0) is 24.3 Å². The van der Waals surface area contributed by atoms with Crippen LogP contribution in [0.5, 0.6) is 46.0 Å². The number of phenols is 6. The van der Waals surface area contributed by atoms with Crippen molar-refractivity contribution < 1.29 is 48.9 Å². The van der Waals surface area contributed by atoms with Crippen molar-refractivity contribution in [1.82, 2.24) is 0 Å². The minimum absolute atomic E-state index is 0.00491. The molecule has 0 aliphatic rings. The first-order valence-corrected chi connectivity index (χ1v) is 12.7. The van der Waals surface area contributed by atoms with Crippen LogP contribution in [-0.2, 0) is 0 Å². The monoisotopic (exact) mass is 600 g/mol. The molecule has 0 unspecified atom stereocenters. The van der Waals surface area contributed by atoms with E-state index in [1.54, 1.807) is 24.3 Å². The third-order valence-corrected chi connectivity index (χ3v) is 6.53. The average Bonchev–Trinajstić information content (AvgIpc) is 2.95. The summed E-state index contributed by atoms with van der Waals surface area (Å²) in [5.74, 6) is -0.686. The van der Waals surface area contributed by atoms with E-state index in [9.17, 15) is 40.2 Å². The summed E-state index contributed by atoms with van der Waals surface area (Å²) in [6.07, 6.45) is 0. The minimum Gasteiger partial charge on any atom is -0.508 e. The van der Waals surface area contributed by atoms with Gasteiger partial charge in [0, 0.05) is 36.4 Å². The fraction of sp³-hybridized carbons (Fsp3) is 0.0625. The Morgan fingerprint density at radius 1 is 0.523 bits per heavy atom. The van der Waals surface area contributed by atoms with Gasteiger partial charge in [-0.15, -0.1) is 0 Å². The molecule has 12 heteroatoms. The Morgan fingerprint density at radius 3 is 1.27 bits per heavy atom. The van der Waals surface area contributed by atoms with E-state index in [1.165, 1.54) is 38.5 Å². The summed E-state index contributed by atoms with van der Waals surface area (Å²) in [5, 5.41) is 58.5. The van der Waals surface area contributed by atoms with E-state index in [2.05, 4.69) is 0 Å². The van der Waals surface area contributed by atoms with E-state index in [4.69, 9.17) is 18.3 Å². The zero-order valence-corrected chi connectivity index (χ0v) is 23.1. The van der Waals surface area contributed by atoms with Crippen LogP contribution in [0.3, 0.4) is 0 Å². The number of methoxy groups -OCH3 is 2. The van der Waals surface area contributed by atoms with Crippen LogP contribution in [0.4, 0.5) is 0 Å². The topological polar surface area (TPSA) is 200 Å². The lowest BCUT2D eigenvalue weighted by atomic mass is 10.1. The molecule has 0 bridgehead atoms. The van der Waals surface area contributed by atoms with Crippen LogP contribution in [0, 0.1) is 0 Å². The molecule has 12 nitrogen and oxygen atoms in total. The molecule has 6 rings (SSSR count). The van der Waals surface area contributed by atoms with Crippen LogP contribution in [0.25, 0.3) is 44.6 Å². The Kier molecular flexibility index (Phi) is 7.65. The maximum atomic E-state index is 12.2. The Hall–Kier alpha value is -6.30. The molecule has 44 heavy (non-hydrogen) atoms. The molecule has 6 aromatic rings. The predicted molar refractivity (Wildman–Crippen MR) is 159 cm³/mol. The lowest BCUT2D eigenvalue weighted by molar-refractivity contribution is 0.407. The van der Waals surface area contributed by atoms with E-state index in [0.29, 0.717) is 11.5 Å². The highest BCUT2D eigenvalue weighted by molar-refractivity contribution is 5.88. The number of benzene rings is 4. The van der Waals surface area contributed by atoms with Gasteiger partial charge in [0.15, 0.2) is 10.9 Å². The molecule has 0 amide bonds. The molecule has 6 N–H and O–H groups in total. The lowest BCUT2D eigenvalue weighted by Crippen LogP contribution is -2.01. The summed E-state index contributed by atoms with van der Waals surface area (Å²) >= 11 is 0. The maximum Gasteiger partial charge on any atom is 0.197 e. The van der Waals surface area contributed by atoms with E-state index < -0.39 is 10.9 Å². The molecule has 0 atom stereocenters. The van der Waals surface area contributed by atoms with Gasteiger partial charge in [0.25, 0.3) is 0 Å². The third kappa shape index (κ3) is 5.34. The quantitative estimate of drug-likeness (QED) is 0.155. The Morgan fingerprint density at radius 2 is 0.909 bits per heavy atom. The maximum absolute atomic E-state index is 12.2. The van der Waals surface area contributed by atoms with Crippen molar-refractivity contribution in [3.05, 3.63) is 93.2 Å². The van der Waals surface area contributed by atoms with E-state index in [0.717, 1.165) is 24.3 Å². The van der Waals surface area contributed by atoms with Gasteiger partial charge in [-0.2, -0.15) is 0 Å². The van der Waals surface area contributed by atoms with Crippen molar-refractivity contribution in [2.75, 3.05) is 14.2 Å². The first-order valence-electron chi connectivity index (χ1n) is 12.7. The van der Waals surface area contributed by atoms with Crippen LogP contribution < -0.4 is 20.3 Å². The van der Waals surface area contributed by atoms with Gasteiger partial charge < -0.3 is 48.9 Å². The molecule has 0 saturated heterocycles. The number of rotatable bonds is 4. The van der Waals surface area contributed by atoms with Crippen LogP contribution in [-0.4, -0.2) is 44.9 Å².